The van der Waals surface area contributed by atoms with E-state index in [9.17, 15) is 9.59 Å². The van der Waals surface area contributed by atoms with Crippen molar-refractivity contribution < 1.29 is 9.59 Å². The lowest BCUT2D eigenvalue weighted by atomic mass is 9.90. The van der Waals surface area contributed by atoms with Gasteiger partial charge in [0.25, 0.3) is 5.91 Å². The SMILES string of the molecule is O=C(NCCC1=CCCCC1)N1CCC(c2nc(C(=O)N3CCC(Cc4ccccc4)CC3)cs2)CC1. The molecule has 0 radical (unpaired) electrons. The fourth-order valence-electron chi connectivity index (χ4n) is 5.93. The molecule has 2 aliphatic heterocycles. The summed E-state index contributed by atoms with van der Waals surface area (Å²) in [4.78, 5) is 34.4. The van der Waals surface area contributed by atoms with Gasteiger partial charge in [0.05, 0.1) is 5.01 Å². The number of allylic oxidation sites excluding steroid dienone is 1. The van der Waals surface area contributed by atoms with E-state index in [1.807, 2.05) is 15.2 Å². The maximum Gasteiger partial charge on any atom is 0.317 e. The number of hydrogen-bond acceptors (Lipinski definition) is 4. The zero-order valence-corrected chi connectivity index (χ0v) is 22.7. The molecule has 2 fully saturated rings. The Balaban J connectivity index is 1.04. The molecule has 37 heavy (non-hydrogen) atoms. The zero-order chi connectivity index (χ0) is 25.5. The average molecular weight is 521 g/mol. The molecule has 0 unspecified atom stereocenters. The fraction of sp³-hybridized carbons (Fsp3) is 0.567. The van der Waals surface area contributed by atoms with Crippen molar-refractivity contribution in [3.05, 3.63) is 63.6 Å². The Morgan fingerprint density at radius 1 is 0.973 bits per heavy atom. The van der Waals surface area contributed by atoms with Crippen LogP contribution in [0.5, 0.6) is 0 Å². The standard InChI is InChI=1S/C30H40N4O2S/c35-29(33-17-12-25(13-18-33)21-24-9-5-2-6-10-24)27-22-37-28(32-27)26-14-19-34(20-15-26)30(36)31-16-11-23-7-3-1-4-8-23/h2,5-7,9-10,22,25-26H,1,3-4,8,11-21H2,(H,31,36). The van der Waals surface area contributed by atoms with E-state index in [1.165, 1.54) is 36.8 Å². The Morgan fingerprint density at radius 3 is 2.46 bits per heavy atom. The second-order valence-electron chi connectivity index (χ2n) is 10.8. The molecule has 0 spiro atoms. The van der Waals surface area contributed by atoms with E-state index in [0.717, 1.165) is 76.3 Å². The van der Waals surface area contributed by atoms with E-state index in [0.29, 0.717) is 17.5 Å². The summed E-state index contributed by atoms with van der Waals surface area (Å²) in [6.07, 6.45) is 13.3. The van der Waals surface area contributed by atoms with Gasteiger partial charge in [-0.05, 0) is 75.7 Å². The molecule has 7 heteroatoms. The summed E-state index contributed by atoms with van der Waals surface area (Å²) in [5.41, 5.74) is 3.48. The van der Waals surface area contributed by atoms with E-state index >= 15 is 0 Å². The van der Waals surface area contributed by atoms with E-state index in [1.54, 1.807) is 11.3 Å². The van der Waals surface area contributed by atoms with Gasteiger partial charge in [-0.15, -0.1) is 11.3 Å². The molecule has 0 bridgehead atoms. The lowest BCUT2D eigenvalue weighted by Crippen LogP contribution is -2.44. The van der Waals surface area contributed by atoms with Gasteiger partial charge >= 0.3 is 6.03 Å². The van der Waals surface area contributed by atoms with Gasteiger partial charge in [0.15, 0.2) is 0 Å². The number of amides is 3. The van der Waals surface area contributed by atoms with Crippen molar-refractivity contribution in [3.63, 3.8) is 0 Å². The van der Waals surface area contributed by atoms with Crippen molar-refractivity contribution in [1.82, 2.24) is 20.1 Å². The van der Waals surface area contributed by atoms with Crippen LogP contribution in [-0.2, 0) is 6.42 Å². The number of piperidine rings is 2. The Morgan fingerprint density at radius 2 is 1.73 bits per heavy atom. The van der Waals surface area contributed by atoms with Crippen LogP contribution in [0, 0.1) is 5.92 Å². The lowest BCUT2D eigenvalue weighted by molar-refractivity contribution is 0.0685. The van der Waals surface area contributed by atoms with E-state index in [4.69, 9.17) is 4.98 Å². The van der Waals surface area contributed by atoms with Gasteiger partial charge < -0.3 is 15.1 Å². The van der Waals surface area contributed by atoms with Gasteiger partial charge in [0.1, 0.15) is 5.69 Å². The van der Waals surface area contributed by atoms with Crippen LogP contribution in [0.25, 0.3) is 0 Å². The molecule has 2 saturated heterocycles. The number of urea groups is 1. The summed E-state index contributed by atoms with van der Waals surface area (Å²) in [7, 11) is 0. The fourth-order valence-corrected chi connectivity index (χ4v) is 6.89. The highest BCUT2D eigenvalue weighted by atomic mass is 32.1. The molecule has 3 heterocycles. The first-order chi connectivity index (χ1) is 18.2. The number of aromatic nitrogens is 1. The molecule has 1 aliphatic carbocycles. The minimum Gasteiger partial charge on any atom is -0.338 e. The molecule has 5 rings (SSSR count). The highest BCUT2D eigenvalue weighted by Gasteiger charge is 2.29. The number of thiazole rings is 1. The first kappa shape index (κ1) is 26.0. The number of nitrogens with one attached hydrogen (secondary N) is 1. The van der Waals surface area contributed by atoms with Crippen LogP contribution in [0.2, 0.25) is 0 Å². The highest BCUT2D eigenvalue weighted by molar-refractivity contribution is 7.09. The lowest BCUT2D eigenvalue weighted by Gasteiger charge is -2.32. The van der Waals surface area contributed by atoms with Gasteiger partial charge in [-0.1, -0.05) is 42.0 Å². The van der Waals surface area contributed by atoms with Crippen molar-refractivity contribution in [2.75, 3.05) is 32.7 Å². The number of carbonyl (C=O) groups is 2. The maximum atomic E-state index is 13.1. The summed E-state index contributed by atoms with van der Waals surface area (Å²) in [5.74, 6) is 1.05. The average Bonchev–Trinajstić information content (AvgIpc) is 3.45. The molecule has 0 saturated carbocycles. The number of hydrogen-bond donors (Lipinski definition) is 1. The molecule has 2 aromatic rings. The van der Waals surface area contributed by atoms with E-state index in [-0.39, 0.29) is 11.9 Å². The molecule has 6 nitrogen and oxygen atoms in total. The summed E-state index contributed by atoms with van der Waals surface area (Å²) >= 11 is 1.61. The van der Waals surface area contributed by atoms with Gasteiger partial charge in [0, 0.05) is 44.0 Å². The van der Waals surface area contributed by atoms with Crippen LogP contribution in [0.3, 0.4) is 0 Å². The molecule has 1 N–H and O–H groups in total. The normalized spacial score (nSPS) is 19.5. The molecular formula is C30H40N4O2S. The monoisotopic (exact) mass is 520 g/mol. The molecule has 3 amide bonds. The predicted molar refractivity (Wildman–Crippen MR) is 149 cm³/mol. The first-order valence-electron chi connectivity index (χ1n) is 14.1. The van der Waals surface area contributed by atoms with Crippen LogP contribution < -0.4 is 5.32 Å². The quantitative estimate of drug-likeness (QED) is 0.454. The van der Waals surface area contributed by atoms with Crippen molar-refractivity contribution in [3.8, 4) is 0 Å². The van der Waals surface area contributed by atoms with Gasteiger partial charge in [-0.25, -0.2) is 9.78 Å². The summed E-state index contributed by atoms with van der Waals surface area (Å²) in [6, 6.07) is 10.7. The number of benzene rings is 1. The van der Waals surface area contributed by atoms with Crippen LogP contribution in [0.4, 0.5) is 4.79 Å². The van der Waals surface area contributed by atoms with Crippen LogP contribution >= 0.6 is 11.3 Å². The molecule has 3 aliphatic rings. The van der Waals surface area contributed by atoms with Crippen molar-refractivity contribution in [2.24, 2.45) is 5.92 Å². The Hall–Kier alpha value is -2.67. The highest BCUT2D eigenvalue weighted by Crippen LogP contribution is 2.31. The second-order valence-corrected chi connectivity index (χ2v) is 11.7. The predicted octanol–water partition coefficient (Wildman–Crippen LogP) is 6.02. The van der Waals surface area contributed by atoms with Gasteiger partial charge in [-0.3, -0.25) is 4.79 Å². The van der Waals surface area contributed by atoms with Gasteiger partial charge in [-0.2, -0.15) is 0 Å². The molecule has 198 valence electrons. The van der Waals surface area contributed by atoms with Crippen LogP contribution in [0.1, 0.15) is 84.8 Å². The topological polar surface area (TPSA) is 65.5 Å². The molecular weight excluding hydrogens is 480 g/mol. The Bertz CT molecular complexity index is 1070. The zero-order valence-electron chi connectivity index (χ0n) is 21.9. The Labute approximate surface area is 225 Å². The van der Waals surface area contributed by atoms with E-state index in [2.05, 4.69) is 41.7 Å². The smallest absolute Gasteiger partial charge is 0.317 e. The molecule has 0 atom stereocenters. The third kappa shape index (κ3) is 7.01. The van der Waals surface area contributed by atoms with E-state index < -0.39 is 0 Å². The van der Waals surface area contributed by atoms with Gasteiger partial charge in [0.2, 0.25) is 0 Å². The number of rotatable bonds is 7. The van der Waals surface area contributed by atoms with Crippen molar-refractivity contribution in [1.29, 1.82) is 0 Å². The molecule has 1 aromatic carbocycles. The number of nitrogens with zero attached hydrogens (tertiary/aromatic N) is 3. The minimum atomic E-state index is 0.0560. The largest absolute Gasteiger partial charge is 0.338 e. The van der Waals surface area contributed by atoms with Crippen LogP contribution in [-0.4, -0.2) is 59.4 Å². The number of carbonyl (C=O) groups excluding carboxylic acids is 2. The summed E-state index contributed by atoms with van der Waals surface area (Å²) in [6.45, 7) is 3.85. The molecule has 1 aromatic heterocycles. The summed E-state index contributed by atoms with van der Waals surface area (Å²) in [5, 5.41) is 6.09. The maximum absolute atomic E-state index is 13.1. The van der Waals surface area contributed by atoms with Crippen LogP contribution in [0.15, 0.2) is 47.4 Å². The first-order valence-corrected chi connectivity index (χ1v) is 15.0. The minimum absolute atomic E-state index is 0.0560. The second kappa shape index (κ2) is 12.7. The number of likely N-dealkylation sites (tertiary alicyclic amines) is 2. The third-order valence-corrected chi connectivity index (χ3v) is 9.26. The van der Waals surface area contributed by atoms with Crippen molar-refractivity contribution in [2.45, 2.75) is 70.1 Å². The summed E-state index contributed by atoms with van der Waals surface area (Å²) < 4.78 is 0. The Kier molecular flexibility index (Phi) is 8.93. The van der Waals surface area contributed by atoms with Crippen molar-refractivity contribution >= 4 is 23.3 Å². The third-order valence-electron chi connectivity index (χ3n) is 8.25.